The molecule has 8 heteroatoms. The van der Waals surface area contributed by atoms with Gasteiger partial charge in [0.15, 0.2) is 11.9 Å². The molecule has 0 fully saturated rings. The number of halogens is 2. The van der Waals surface area contributed by atoms with Gasteiger partial charge in [-0.15, -0.1) is 0 Å². The smallest absolute Gasteiger partial charge is 0.340 e. The molecule has 0 aliphatic heterocycles. The van der Waals surface area contributed by atoms with Crippen LogP contribution in [0.3, 0.4) is 0 Å². The van der Waals surface area contributed by atoms with Crippen LogP contribution in [0.2, 0.25) is 10.0 Å². The van der Waals surface area contributed by atoms with Crippen molar-refractivity contribution in [3.8, 4) is 0 Å². The quantitative estimate of drug-likeness (QED) is 0.749. The molecule has 0 bridgehead atoms. The number of rotatable bonds is 5. The summed E-state index contributed by atoms with van der Waals surface area (Å²) in [7, 11) is 0. The first-order valence-corrected chi connectivity index (χ1v) is 8.88. The van der Waals surface area contributed by atoms with Crippen molar-refractivity contribution in [2.45, 2.75) is 46.8 Å². The van der Waals surface area contributed by atoms with Crippen LogP contribution in [0, 0.1) is 13.8 Å². The molecule has 0 unspecified atom stereocenters. The van der Waals surface area contributed by atoms with E-state index in [4.69, 9.17) is 27.9 Å². The Morgan fingerprint density at radius 3 is 2.38 bits per heavy atom. The zero-order valence-electron chi connectivity index (χ0n) is 15.3. The summed E-state index contributed by atoms with van der Waals surface area (Å²) in [5.74, 6) is -0.933. The molecule has 2 aromatic rings. The van der Waals surface area contributed by atoms with Crippen LogP contribution in [-0.4, -0.2) is 27.5 Å². The Morgan fingerprint density at radius 1 is 1.19 bits per heavy atom. The molecule has 0 aromatic carbocycles. The first-order valence-electron chi connectivity index (χ1n) is 8.13. The summed E-state index contributed by atoms with van der Waals surface area (Å²) in [6, 6.07) is 3.44. The minimum atomic E-state index is -1.02. The van der Waals surface area contributed by atoms with Gasteiger partial charge in [0, 0.05) is 23.6 Å². The maximum atomic E-state index is 12.5. The lowest BCUT2D eigenvalue weighted by Crippen LogP contribution is -2.30. The number of aryl methyl sites for hydroxylation is 1. The molecule has 2 rings (SSSR count). The summed E-state index contributed by atoms with van der Waals surface area (Å²) in [5.41, 5.74) is 2.20. The van der Waals surface area contributed by atoms with E-state index in [1.54, 1.807) is 6.07 Å². The molecule has 6 nitrogen and oxygen atoms in total. The predicted molar refractivity (Wildman–Crippen MR) is 102 cm³/mol. The molecule has 1 N–H and O–H groups in total. The summed E-state index contributed by atoms with van der Waals surface area (Å²) in [6.45, 7) is 9.33. The molecule has 0 aliphatic carbocycles. The number of hydrogen-bond acceptors (Lipinski definition) is 4. The zero-order valence-corrected chi connectivity index (χ0v) is 16.8. The second kappa shape index (κ2) is 8.10. The lowest BCUT2D eigenvalue weighted by Gasteiger charge is -2.15. The average Bonchev–Trinajstić information content (AvgIpc) is 2.84. The SMILES string of the molecule is Cc1cc(C(=O)O[C@@H](C)C(=O)Nc2ncc(Cl)cc2Cl)c(C)n1C(C)C. The number of amides is 1. The Labute approximate surface area is 162 Å². The van der Waals surface area contributed by atoms with Crippen LogP contribution in [0.4, 0.5) is 5.82 Å². The van der Waals surface area contributed by atoms with E-state index in [1.165, 1.54) is 19.2 Å². The van der Waals surface area contributed by atoms with Gasteiger partial charge < -0.3 is 14.6 Å². The Balaban J connectivity index is 2.09. The van der Waals surface area contributed by atoms with Gasteiger partial charge in [-0.25, -0.2) is 9.78 Å². The fourth-order valence-corrected chi connectivity index (χ4v) is 3.21. The topological polar surface area (TPSA) is 73.2 Å². The van der Waals surface area contributed by atoms with Crippen LogP contribution < -0.4 is 5.32 Å². The third-order valence-corrected chi connectivity index (χ3v) is 4.42. The summed E-state index contributed by atoms with van der Waals surface area (Å²) in [6.07, 6.45) is 0.346. The van der Waals surface area contributed by atoms with Crippen LogP contribution in [0.5, 0.6) is 0 Å². The lowest BCUT2D eigenvalue weighted by atomic mass is 10.2. The van der Waals surface area contributed by atoms with Gasteiger partial charge in [0.25, 0.3) is 5.91 Å². The molecule has 2 heterocycles. The third-order valence-electron chi connectivity index (χ3n) is 3.92. The van der Waals surface area contributed by atoms with Gasteiger partial charge in [0.2, 0.25) is 0 Å². The number of hydrogen-bond donors (Lipinski definition) is 1. The van der Waals surface area contributed by atoms with E-state index >= 15 is 0 Å². The number of carbonyl (C=O) groups excluding carboxylic acids is 2. The van der Waals surface area contributed by atoms with Crippen molar-refractivity contribution in [1.82, 2.24) is 9.55 Å². The second-order valence-electron chi connectivity index (χ2n) is 6.27. The number of ether oxygens (including phenoxy) is 1. The zero-order chi connectivity index (χ0) is 19.6. The largest absolute Gasteiger partial charge is 0.449 e. The number of aromatic nitrogens is 2. The first-order chi connectivity index (χ1) is 12.1. The van der Waals surface area contributed by atoms with Gasteiger partial charge >= 0.3 is 5.97 Å². The van der Waals surface area contributed by atoms with E-state index in [0.717, 1.165) is 11.4 Å². The number of esters is 1. The molecule has 0 spiro atoms. The minimum absolute atomic E-state index is 0.155. The highest BCUT2D eigenvalue weighted by molar-refractivity contribution is 6.36. The molecule has 140 valence electrons. The van der Waals surface area contributed by atoms with Gasteiger partial charge in [0.1, 0.15) is 0 Å². The molecule has 0 saturated heterocycles. The number of pyridine rings is 1. The molecule has 2 aromatic heterocycles. The van der Waals surface area contributed by atoms with E-state index in [-0.39, 0.29) is 16.9 Å². The van der Waals surface area contributed by atoms with Crippen molar-refractivity contribution in [2.24, 2.45) is 0 Å². The van der Waals surface area contributed by atoms with Crippen molar-refractivity contribution in [2.75, 3.05) is 5.32 Å². The van der Waals surface area contributed by atoms with Gasteiger partial charge in [-0.3, -0.25) is 4.79 Å². The van der Waals surface area contributed by atoms with E-state index in [2.05, 4.69) is 10.3 Å². The van der Waals surface area contributed by atoms with Gasteiger partial charge in [0.05, 0.1) is 15.6 Å². The normalized spacial score (nSPS) is 12.2. The molecular weight excluding hydrogens is 377 g/mol. The fourth-order valence-electron chi connectivity index (χ4n) is 2.78. The van der Waals surface area contributed by atoms with Crippen LogP contribution in [0.1, 0.15) is 48.6 Å². The average molecular weight is 398 g/mol. The van der Waals surface area contributed by atoms with E-state index in [9.17, 15) is 9.59 Å². The summed E-state index contributed by atoms with van der Waals surface area (Å²) >= 11 is 11.8. The highest BCUT2D eigenvalue weighted by Gasteiger charge is 2.24. The molecule has 26 heavy (non-hydrogen) atoms. The standard InChI is InChI=1S/C18H21Cl2N3O3/c1-9(2)23-10(3)6-14(11(23)4)18(25)26-12(5)17(24)22-16-15(20)7-13(19)8-21-16/h6-9,12H,1-5H3,(H,21,22,24)/t12-/m0/s1. The molecule has 0 aliphatic rings. The van der Waals surface area contributed by atoms with Crippen molar-refractivity contribution in [1.29, 1.82) is 0 Å². The molecule has 0 saturated carbocycles. The van der Waals surface area contributed by atoms with Crippen molar-refractivity contribution >= 4 is 40.9 Å². The van der Waals surface area contributed by atoms with E-state index < -0.39 is 18.0 Å². The maximum Gasteiger partial charge on any atom is 0.340 e. The molecule has 1 atom stereocenters. The van der Waals surface area contributed by atoms with Crippen LogP contribution in [0.15, 0.2) is 18.3 Å². The first kappa shape index (κ1) is 20.3. The van der Waals surface area contributed by atoms with Crippen molar-refractivity contribution < 1.29 is 14.3 Å². The number of anilines is 1. The summed E-state index contributed by atoms with van der Waals surface area (Å²) in [4.78, 5) is 28.7. The Bertz CT molecular complexity index is 846. The van der Waals surface area contributed by atoms with Gasteiger partial charge in [-0.1, -0.05) is 23.2 Å². The monoisotopic (exact) mass is 397 g/mol. The lowest BCUT2D eigenvalue weighted by molar-refractivity contribution is -0.123. The van der Waals surface area contributed by atoms with Crippen LogP contribution in [0.25, 0.3) is 0 Å². The molecule has 1 amide bonds. The second-order valence-corrected chi connectivity index (χ2v) is 7.11. The van der Waals surface area contributed by atoms with E-state index in [0.29, 0.717) is 10.6 Å². The Kier molecular flexibility index (Phi) is 6.31. The summed E-state index contributed by atoms with van der Waals surface area (Å²) in [5, 5.41) is 3.07. The number of nitrogens with one attached hydrogen (secondary N) is 1. The number of nitrogens with zero attached hydrogens (tertiary/aromatic N) is 2. The Morgan fingerprint density at radius 2 is 1.85 bits per heavy atom. The molecular formula is C18H21Cl2N3O3. The minimum Gasteiger partial charge on any atom is -0.449 e. The van der Waals surface area contributed by atoms with E-state index in [1.807, 2.05) is 32.3 Å². The summed E-state index contributed by atoms with van der Waals surface area (Å²) < 4.78 is 7.34. The maximum absolute atomic E-state index is 12.5. The Hall–Kier alpha value is -2.05. The molecule has 0 radical (unpaired) electrons. The van der Waals surface area contributed by atoms with Crippen LogP contribution in [-0.2, 0) is 9.53 Å². The van der Waals surface area contributed by atoms with Crippen molar-refractivity contribution in [3.63, 3.8) is 0 Å². The predicted octanol–water partition coefficient (Wildman–Crippen LogP) is 4.57. The van der Waals surface area contributed by atoms with Crippen LogP contribution >= 0.6 is 23.2 Å². The highest BCUT2D eigenvalue weighted by atomic mass is 35.5. The van der Waals surface area contributed by atoms with Crippen molar-refractivity contribution in [3.05, 3.63) is 45.3 Å². The van der Waals surface area contributed by atoms with Gasteiger partial charge in [-0.2, -0.15) is 0 Å². The third kappa shape index (κ3) is 4.37. The fraction of sp³-hybridized carbons (Fsp3) is 0.389. The van der Waals surface area contributed by atoms with Gasteiger partial charge in [-0.05, 0) is 46.8 Å². The number of carbonyl (C=O) groups is 2. The highest BCUT2D eigenvalue weighted by Crippen LogP contribution is 2.23.